The van der Waals surface area contributed by atoms with Crippen LogP contribution >= 0.6 is 27.5 Å². The van der Waals surface area contributed by atoms with E-state index < -0.39 is 0 Å². The fourth-order valence-corrected chi connectivity index (χ4v) is 3.28. The topological polar surface area (TPSA) is 39.9 Å². The van der Waals surface area contributed by atoms with Gasteiger partial charge in [-0.25, -0.2) is 4.98 Å². The lowest BCUT2D eigenvalue weighted by atomic mass is 10.2. The van der Waals surface area contributed by atoms with Crippen LogP contribution in [0.1, 0.15) is 25.6 Å². The Kier molecular flexibility index (Phi) is 5.51. The Labute approximate surface area is 148 Å². The molecule has 1 aromatic carbocycles. The molecular formula is C17H19BrClN3O. The number of aryl methyl sites for hydroxylation is 1. The number of halogens is 2. The first-order chi connectivity index (χ1) is 11.2. The quantitative estimate of drug-likeness (QED) is 0.421. The average Bonchev–Trinajstić information content (AvgIpc) is 2.91. The molecule has 4 nitrogen and oxygen atoms in total. The van der Waals surface area contributed by atoms with Crippen LogP contribution in [-0.2, 0) is 17.9 Å². The molecule has 0 unspecified atom stereocenters. The number of alkyl halides is 1. The van der Waals surface area contributed by atoms with Gasteiger partial charge in [-0.15, -0.1) is 11.6 Å². The molecule has 0 spiro atoms. The zero-order chi connectivity index (χ0) is 16.2. The highest BCUT2D eigenvalue weighted by molar-refractivity contribution is 9.10. The minimum atomic E-state index is 0.518. The maximum absolute atomic E-state index is 5.83. The zero-order valence-electron chi connectivity index (χ0n) is 13.1. The lowest BCUT2D eigenvalue weighted by molar-refractivity contribution is 0.126. The Balaban J connectivity index is 2.14. The van der Waals surface area contributed by atoms with Crippen molar-refractivity contribution >= 4 is 49.5 Å². The number of imidazole rings is 1. The average molecular weight is 397 g/mol. The lowest BCUT2D eigenvalue weighted by Crippen LogP contribution is -2.06. The van der Waals surface area contributed by atoms with Crippen molar-refractivity contribution in [3.8, 4) is 0 Å². The van der Waals surface area contributed by atoms with E-state index in [1.807, 2.05) is 25.3 Å². The van der Waals surface area contributed by atoms with Crippen molar-refractivity contribution in [1.29, 1.82) is 0 Å². The van der Waals surface area contributed by atoms with Crippen LogP contribution in [0.5, 0.6) is 0 Å². The highest BCUT2D eigenvalue weighted by Gasteiger charge is 2.14. The molecule has 0 atom stereocenters. The number of unbranched alkanes of at least 4 members (excludes halogenated alkanes) is 1. The van der Waals surface area contributed by atoms with Gasteiger partial charge in [-0.3, -0.25) is 4.98 Å². The number of aromatic nitrogens is 3. The molecule has 2 aromatic heterocycles. The summed E-state index contributed by atoms with van der Waals surface area (Å²) in [5.41, 5.74) is 3.01. The molecule has 0 N–H and O–H groups in total. The number of benzene rings is 1. The molecule has 0 bridgehead atoms. The second-order valence-electron chi connectivity index (χ2n) is 5.37. The van der Waals surface area contributed by atoms with Crippen molar-refractivity contribution in [2.75, 3.05) is 12.5 Å². The van der Waals surface area contributed by atoms with Gasteiger partial charge in [0, 0.05) is 28.9 Å². The Hall–Kier alpha value is -1.17. The number of rotatable bonds is 7. The molecular weight excluding hydrogens is 378 g/mol. The van der Waals surface area contributed by atoms with E-state index >= 15 is 0 Å². The van der Waals surface area contributed by atoms with Crippen molar-refractivity contribution in [3.63, 3.8) is 0 Å². The first kappa shape index (κ1) is 16.7. The first-order valence-corrected chi connectivity index (χ1v) is 9.14. The van der Waals surface area contributed by atoms with Crippen LogP contribution in [0.4, 0.5) is 0 Å². The summed E-state index contributed by atoms with van der Waals surface area (Å²) in [6.07, 6.45) is 3.86. The summed E-state index contributed by atoms with van der Waals surface area (Å²) in [5, 5.41) is 1.12. The van der Waals surface area contributed by atoms with E-state index in [1.165, 1.54) is 0 Å². The monoisotopic (exact) mass is 395 g/mol. The molecule has 0 fully saturated rings. The van der Waals surface area contributed by atoms with Gasteiger partial charge in [-0.05, 0) is 38.0 Å². The van der Waals surface area contributed by atoms with Gasteiger partial charge in [0.05, 0.1) is 17.2 Å². The Morgan fingerprint density at radius 1 is 1.26 bits per heavy atom. The maximum Gasteiger partial charge on any atom is 0.136 e. The predicted octanol–water partition coefficient (Wildman–Crippen LogP) is 4.90. The number of hydrogen-bond acceptors (Lipinski definition) is 3. The summed E-state index contributed by atoms with van der Waals surface area (Å²) in [4.78, 5) is 9.27. The minimum absolute atomic E-state index is 0.518. The molecule has 0 saturated carbocycles. The molecule has 0 aliphatic heterocycles. The largest absolute Gasteiger partial charge is 0.374 e. The van der Waals surface area contributed by atoms with E-state index in [0.29, 0.717) is 19.1 Å². The number of pyridine rings is 1. The molecule has 0 amide bonds. The van der Waals surface area contributed by atoms with Gasteiger partial charge in [0.1, 0.15) is 17.9 Å². The normalized spacial score (nSPS) is 11.6. The van der Waals surface area contributed by atoms with Crippen LogP contribution in [0.25, 0.3) is 21.9 Å². The number of fused-ring (bicyclic) bond motifs is 3. The van der Waals surface area contributed by atoms with Crippen LogP contribution in [0.2, 0.25) is 0 Å². The van der Waals surface area contributed by atoms with Crippen molar-refractivity contribution in [2.45, 2.75) is 32.9 Å². The predicted molar refractivity (Wildman–Crippen MR) is 98.0 cm³/mol. The third-order valence-corrected chi connectivity index (χ3v) is 4.58. The number of nitrogens with zero attached hydrogens (tertiary/aromatic N) is 3. The first-order valence-electron chi connectivity index (χ1n) is 7.81. The lowest BCUT2D eigenvalue weighted by Gasteiger charge is -2.10. The SMILES string of the molecule is CCOCc1nc2cnc3cc(Br)ccc3c2n1CCCCCl. The molecule has 122 valence electrons. The standard InChI is InChI=1S/C17H19BrClN3O/c1-2-23-11-16-21-15-10-20-14-9-12(18)5-6-13(14)17(15)22(16)8-4-3-7-19/h5-6,9-10H,2-4,7-8,11H2,1H3. The van der Waals surface area contributed by atoms with E-state index in [0.717, 1.165) is 51.6 Å². The Bertz CT molecular complexity index is 818. The van der Waals surface area contributed by atoms with Crippen LogP contribution in [0, 0.1) is 0 Å². The van der Waals surface area contributed by atoms with Crippen LogP contribution in [0.15, 0.2) is 28.9 Å². The highest BCUT2D eigenvalue weighted by atomic mass is 79.9. The van der Waals surface area contributed by atoms with Gasteiger partial charge in [0.15, 0.2) is 0 Å². The van der Waals surface area contributed by atoms with Crippen LogP contribution in [0.3, 0.4) is 0 Å². The zero-order valence-corrected chi connectivity index (χ0v) is 15.4. The molecule has 23 heavy (non-hydrogen) atoms. The van der Waals surface area contributed by atoms with E-state index in [1.54, 1.807) is 0 Å². The van der Waals surface area contributed by atoms with Crippen molar-refractivity contribution in [1.82, 2.24) is 14.5 Å². The van der Waals surface area contributed by atoms with Gasteiger partial charge in [0.2, 0.25) is 0 Å². The molecule has 2 heterocycles. The fourth-order valence-electron chi connectivity index (χ4n) is 2.74. The molecule has 0 radical (unpaired) electrons. The van der Waals surface area contributed by atoms with Crippen molar-refractivity contribution < 1.29 is 4.74 Å². The summed E-state index contributed by atoms with van der Waals surface area (Å²) in [6.45, 7) is 4.08. The van der Waals surface area contributed by atoms with E-state index in [9.17, 15) is 0 Å². The molecule has 0 aliphatic carbocycles. The van der Waals surface area contributed by atoms with Gasteiger partial charge in [-0.1, -0.05) is 15.9 Å². The van der Waals surface area contributed by atoms with E-state index in [2.05, 4.69) is 31.5 Å². The molecule has 0 saturated heterocycles. The van der Waals surface area contributed by atoms with Crippen LogP contribution in [-0.4, -0.2) is 27.0 Å². The van der Waals surface area contributed by atoms with Crippen LogP contribution < -0.4 is 0 Å². The van der Waals surface area contributed by atoms with Crippen molar-refractivity contribution in [3.05, 3.63) is 34.7 Å². The Morgan fingerprint density at radius 2 is 2.13 bits per heavy atom. The second-order valence-corrected chi connectivity index (χ2v) is 6.66. The van der Waals surface area contributed by atoms with E-state index in [-0.39, 0.29) is 0 Å². The van der Waals surface area contributed by atoms with E-state index in [4.69, 9.17) is 21.3 Å². The summed E-state index contributed by atoms with van der Waals surface area (Å²) >= 11 is 9.34. The van der Waals surface area contributed by atoms with Gasteiger partial charge >= 0.3 is 0 Å². The van der Waals surface area contributed by atoms with Gasteiger partial charge < -0.3 is 9.30 Å². The molecule has 6 heteroatoms. The summed E-state index contributed by atoms with van der Waals surface area (Å²) < 4.78 is 8.88. The second kappa shape index (κ2) is 7.60. The number of hydrogen-bond donors (Lipinski definition) is 0. The highest BCUT2D eigenvalue weighted by Crippen LogP contribution is 2.27. The minimum Gasteiger partial charge on any atom is -0.374 e. The summed E-state index contributed by atoms with van der Waals surface area (Å²) in [6, 6.07) is 6.17. The molecule has 0 aliphatic rings. The van der Waals surface area contributed by atoms with Gasteiger partial charge in [-0.2, -0.15) is 0 Å². The third kappa shape index (κ3) is 3.52. The third-order valence-electron chi connectivity index (χ3n) is 3.82. The maximum atomic E-state index is 5.83. The fraction of sp³-hybridized carbons (Fsp3) is 0.412. The smallest absolute Gasteiger partial charge is 0.136 e. The molecule has 3 aromatic rings. The number of ether oxygens (including phenoxy) is 1. The van der Waals surface area contributed by atoms with Gasteiger partial charge in [0.25, 0.3) is 0 Å². The van der Waals surface area contributed by atoms with Crippen molar-refractivity contribution in [2.24, 2.45) is 0 Å². The summed E-state index contributed by atoms with van der Waals surface area (Å²) in [7, 11) is 0. The summed E-state index contributed by atoms with van der Waals surface area (Å²) in [5.74, 6) is 1.64. The molecule has 3 rings (SSSR count). The Morgan fingerprint density at radius 3 is 2.91 bits per heavy atom.